The Morgan fingerprint density at radius 3 is 2.08 bits per heavy atom. The first-order valence-corrected chi connectivity index (χ1v) is 8.49. The van der Waals surface area contributed by atoms with Crippen LogP contribution in [0.2, 0.25) is 0 Å². The third-order valence-electron chi connectivity index (χ3n) is 4.26. The van der Waals surface area contributed by atoms with Crippen LogP contribution in [0.4, 0.5) is 24.8 Å². The van der Waals surface area contributed by atoms with Gasteiger partial charge in [-0.3, -0.25) is 4.79 Å². The molecule has 1 aliphatic heterocycles. The van der Waals surface area contributed by atoms with Crippen molar-refractivity contribution in [3.8, 4) is 0 Å². The van der Waals surface area contributed by atoms with E-state index in [-0.39, 0.29) is 11.3 Å². The second kappa shape index (κ2) is 7.72. The molecule has 0 spiro atoms. The fraction of sp³-hybridized carbons (Fsp3) is 0.389. The molecule has 5 nitrogen and oxygen atoms in total. The van der Waals surface area contributed by atoms with Crippen LogP contribution < -0.4 is 10.2 Å². The van der Waals surface area contributed by atoms with E-state index in [4.69, 9.17) is 0 Å². The van der Waals surface area contributed by atoms with Crippen LogP contribution in [0.1, 0.15) is 41.6 Å². The molecule has 2 heterocycles. The molecule has 8 heteroatoms. The molecule has 1 saturated heterocycles. The Morgan fingerprint density at radius 2 is 1.54 bits per heavy atom. The molecule has 1 aromatic heterocycles. The van der Waals surface area contributed by atoms with Gasteiger partial charge in [-0.25, -0.2) is 9.97 Å². The summed E-state index contributed by atoms with van der Waals surface area (Å²) in [6, 6.07) is 4.28. The van der Waals surface area contributed by atoms with Crippen molar-refractivity contribution in [3.63, 3.8) is 0 Å². The SMILES string of the molecule is O=C(Nc1ccc(C(F)(F)F)cc1)c1cnc(N2CCCCCC2)nc1. The Balaban J connectivity index is 1.64. The summed E-state index contributed by atoms with van der Waals surface area (Å²) in [5.74, 6) is 0.130. The third kappa shape index (κ3) is 4.50. The van der Waals surface area contributed by atoms with Gasteiger partial charge < -0.3 is 10.2 Å². The summed E-state index contributed by atoms with van der Waals surface area (Å²) in [5, 5.41) is 2.55. The molecule has 1 fully saturated rings. The number of hydrogen-bond donors (Lipinski definition) is 1. The minimum absolute atomic E-state index is 0.253. The first-order valence-electron chi connectivity index (χ1n) is 8.49. The number of carbonyl (C=O) groups is 1. The lowest BCUT2D eigenvalue weighted by molar-refractivity contribution is -0.137. The number of aromatic nitrogens is 2. The standard InChI is InChI=1S/C18H19F3N4O/c19-18(20,21)14-5-7-15(8-6-14)24-16(26)13-11-22-17(23-12-13)25-9-3-1-2-4-10-25/h5-8,11-12H,1-4,9-10H2,(H,24,26). The van der Waals surface area contributed by atoms with E-state index in [9.17, 15) is 18.0 Å². The molecule has 3 rings (SSSR count). The topological polar surface area (TPSA) is 58.1 Å². The summed E-state index contributed by atoms with van der Waals surface area (Å²) >= 11 is 0. The zero-order valence-electron chi connectivity index (χ0n) is 14.1. The van der Waals surface area contributed by atoms with Crippen LogP contribution >= 0.6 is 0 Å². The van der Waals surface area contributed by atoms with Gasteiger partial charge in [0.05, 0.1) is 11.1 Å². The van der Waals surface area contributed by atoms with Crippen LogP contribution in [0.15, 0.2) is 36.7 Å². The van der Waals surface area contributed by atoms with Crippen LogP contribution in [0.25, 0.3) is 0 Å². The summed E-state index contributed by atoms with van der Waals surface area (Å²) in [4.78, 5) is 22.8. The summed E-state index contributed by atoms with van der Waals surface area (Å²) in [7, 11) is 0. The fourth-order valence-corrected chi connectivity index (χ4v) is 2.82. The minimum Gasteiger partial charge on any atom is -0.341 e. The maximum Gasteiger partial charge on any atom is 0.416 e. The van der Waals surface area contributed by atoms with Crippen LogP contribution in [0.3, 0.4) is 0 Å². The van der Waals surface area contributed by atoms with E-state index < -0.39 is 17.6 Å². The zero-order chi connectivity index (χ0) is 18.6. The summed E-state index contributed by atoms with van der Waals surface area (Å²) in [5.41, 5.74) is -0.233. The van der Waals surface area contributed by atoms with Gasteiger partial charge in [-0.15, -0.1) is 0 Å². The van der Waals surface area contributed by atoms with Gasteiger partial charge in [-0.05, 0) is 37.1 Å². The number of carbonyl (C=O) groups excluding carboxylic acids is 1. The minimum atomic E-state index is -4.40. The molecule has 0 saturated carbocycles. The second-order valence-electron chi connectivity index (χ2n) is 6.20. The molecule has 0 atom stereocenters. The first-order chi connectivity index (χ1) is 12.4. The Kier molecular flexibility index (Phi) is 5.39. The van der Waals surface area contributed by atoms with E-state index in [0.717, 1.165) is 38.1 Å². The molecule has 26 heavy (non-hydrogen) atoms. The molecule has 1 aliphatic rings. The summed E-state index contributed by atoms with van der Waals surface area (Å²) in [6.45, 7) is 1.80. The Labute approximate surface area is 149 Å². The van der Waals surface area contributed by atoms with Gasteiger partial charge in [0.25, 0.3) is 5.91 Å². The lowest BCUT2D eigenvalue weighted by atomic mass is 10.2. The lowest BCUT2D eigenvalue weighted by Gasteiger charge is -2.19. The van der Waals surface area contributed by atoms with Gasteiger partial charge in [0, 0.05) is 31.2 Å². The Bertz CT molecular complexity index is 737. The fourth-order valence-electron chi connectivity index (χ4n) is 2.82. The summed E-state index contributed by atoms with van der Waals surface area (Å²) in [6.07, 6.45) is 3.06. The molecule has 0 radical (unpaired) electrons. The number of halogens is 3. The number of benzene rings is 1. The molecule has 2 aromatic rings. The molecule has 1 N–H and O–H groups in total. The van der Waals surface area contributed by atoms with E-state index in [1.165, 1.54) is 37.4 Å². The molecule has 0 bridgehead atoms. The van der Waals surface area contributed by atoms with E-state index in [2.05, 4.69) is 20.2 Å². The number of hydrogen-bond acceptors (Lipinski definition) is 4. The maximum atomic E-state index is 12.6. The van der Waals surface area contributed by atoms with Gasteiger partial charge in [0.2, 0.25) is 5.95 Å². The van der Waals surface area contributed by atoms with E-state index in [1.54, 1.807) is 0 Å². The van der Waals surface area contributed by atoms with Gasteiger partial charge in [-0.1, -0.05) is 12.8 Å². The van der Waals surface area contributed by atoms with Gasteiger partial charge in [-0.2, -0.15) is 13.2 Å². The number of anilines is 2. The van der Waals surface area contributed by atoms with E-state index >= 15 is 0 Å². The molecule has 1 amide bonds. The lowest BCUT2D eigenvalue weighted by Crippen LogP contribution is -2.26. The van der Waals surface area contributed by atoms with Crippen LogP contribution in [-0.2, 0) is 6.18 Å². The van der Waals surface area contributed by atoms with Gasteiger partial charge >= 0.3 is 6.18 Å². The highest BCUT2D eigenvalue weighted by molar-refractivity contribution is 6.03. The van der Waals surface area contributed by atoms with Crippen molar-refractivity contribution in [2.75, 3.05) is 23.3 Å². The molecule has 0 aliphatic carbocycles. The highest BCUT2D eigenvalue weighted by atomic mass is 19.4. The summed E-state index contributed by atoms with van der Waals surface area (Å²) < 4.78 is 37.7. The maximum absolute atomic E-state index is 12.6. The number of nitrogens with zero attached hydrogens (tertiary/aromatic N) is 3. The third-order valence-corrected chi connectivity index (χ3v) is 4.26. The van der Waals surface area contributed by atoms with E-state index in [1.807, 2.05) is 0 Å². The number of nitrogens with one attached hydrogen (secondary N) is 1. The van der Waals surface area contributed by atoms with Crippen LogP contribution in [0.5, 0.6) is 0 Å². The Morgan fingerprint density at radius 1 is 0.962 bits per heavy atom. The molecule has 0 unspecified atom stereocenters. The molecule has 1 aromatic carbocycles. The molecular formula is C18H19F3N4O. The van der Waals surface area contributed by atoms with Gasteiger partial charge in [0.15, 0.2) is 0 Å². The monoisotopic (exact) mass is 364 g/mol. The van der Waals surface area contributed by atoms with Crippen molar-refractivity contribution < 1.29 is 18.0 Å². The number of alkyl halides is 3. The molecule has 138 valence electrons. The van der Waals surface area contributed by atoms with Crippen molar-refractivity contribution in [1.29, 1.82) is 0 Å². The smallest absolute Gasteiger partial charge is 0.341 e. The first kappa shape index (κ1) is 18.2. The predicted octanol–water partition coefficient (Wildman–Crippen LogP) is 4.13. The van der Waals surface area contributed by atoms with Crippen molar-refractivity contribution in [2.45, 2.75) is 31.9 Å². The highest BCUT2D eigenvalue weighted by Gasteiger charge is 2.30. The normalized spacial score (nSPS) is 15.4. The second-order valence-corrected chi connectivity index (χ2v) is 6.20. The average molecular weight is 364 g/mol. The van der Waals surface area contributed by atoms with Crippen molar-refractivity contribution in [2.24, 2.45) is 0 Å². The van der Waals surface area contributed by atoms with Gasteiger partial charge in [0.1, 0.15) is 0 Å². The van der Waals surface area contributed by atoms with E-state index in [0.29, 0.717) is 5.95 Å². The van der Waals surface area contributed by atoms with Crippen molar-refractivity contribution >= 4 is 17.5 Å². The molecular weight excluding hydrogens is 345 g/mol. The van der Waals surface area contributed by atoms with Crippen LogP contribution in [-0.4, -0.2) is 29.0 Å². The highest BCUT2D eigenvalue weighted by Crippen LogP contribution is 2.29. The number of rotatable bonds is 3. The zero-order valence-corrected chi connectivity index (χ0v) is 14.1. The average Bonchev–Trinajstić information content (AvgIpc) is 2.91. The van der Waals surface area contributed by atoms with Crippen LogP contribution in [0, 0.1) is 0 Å². The number of amides is 1. The largest absolute Gasteiger partial charge is 0.416 e. The predicted molar refractivity (Wildman–Crippen MR) is 92.1 cm³/mol. The van der Waals surface area contributed by atoms with Crippen molar-refractivity contribution in [1.82, 2.24) is 9.97 Å². The van der Waals surface area contributed by atoms with Crippen molar-refractivity contribution in [3.05, 3.63) is 47.8 Å². The quantitative estimate of drug-likeness (QED) is 0.890. The Hall–Kier alpha value is -2.64.